The Hall–Kier alpha value is -2.80. The number of aryl methyl sites for hydroxylation is 2. The van der Waals surface area contributed by atoms with Crippen LogP contribution in [0.3, 0.4) is 0 Å². The van der Waals surface area contributed by atoms with E-state index in [9.17, 15) is 14.4 Å². The largest absolute Gasteiger partial charge is 0.341 e. The van der Waals surface area contributed by atoms with E-state index in [1.54, 1.807) is 11.0 Å². The van der Waals surface area contributed by atoms with Crippen molar-refractivity contribution in [3.05, 3.63) is 57.8 Å². The summed E-state index contributed by atoms with van der Waals surface area (Å²) in [6.07, 6.45) is 5.84. The van der Waals surface area contributed by atoms with Gasteiger partial charge in [0.15, 0.2) is 0 Å². The lowest BCUT2D eigenvalue weighted by Gasteiger charge is -2.27. The maximum absolute atomic E-state index is 12.9. The van der Waals surface area contributed by atoms with E-state index in [2.05, 4.69) is 35.8 Å². The quantitative estimate of drug-likeness (QED) is 0.618. The number of nitrogens with zero attached hydrogens (tertiary/aromatic N) is 3. The summed E-state index contributed by atoms with van der Waals surface area (Å²) in [5.74, 6) is -0.538. The molecule has 2 fully saturated rings. The van der Waals surface area contributed by atoms with Crippen molar-refractivity contribution in [2.45, 2.75) is 46.5 Å². The fraction of sp³-hybridized carbons (Fsp3) is 0.400. The Balaban J connectivity index is 1.54. The van der Waals surface area contributed by atoms with E-state index >= 15 is 0 Å². The second kappa shape index (κ2) is 9.36. The number of imide groups is 1. The maximum Gasteiger partial charge on any atom is 0.294 e. The predicted molar refractivity (Wildman–Crippen MR) is 128 cm³/mol. The molecule has 0 saturated carbocycles. The van der Waals surface area contributed by atoms with Crippen molar-refractivity contribution in [2.75, 3.05) is 19.6 Å². The molecule has 2 aromatic rings. The normalized spacial score (nSPS) is 18.2. The number of likely N-dealkylation sites (tertiary alicyclic amines) is 1. The van der Waals surface area contributed by atoms with Crippen molar-refractivity contribution in [1.82, 2.24) is 14.4 Å². The summed E-state index contributed by atoms with van der Waals surface area (Å²) in [4.78, 5) is 41.2. The number of thioether (sulfide) groups is 1. The van der Waals surface area contributed by atoms with E-state index in [4.69, 9.17) is 0 Å². The fourth-order valence-corrected chi connectivity index (χ4v) is 5.20. The van der Waals surface area contributed by atoms with Crippen LogP contribution in [0, 0.1) is 13.8 Å². The standard InChI is InChI=1S/C25H29N3O3S/c1-4-19-8-10-21(11-9-19)28-17(2)14-20(18(28)3)15-22-24(30)27(25(31)32-22)16-23(29)26-12-6-5-7-13-26/h8-11,14-15H,4-7,12-13,16H2,1-3H3/b22-15-. The monoisotopic (exact) mass is 451 g/mol. The maximum atomic E-state index is 12.9. The van der Waals surface area contributed by atoms with Crippen molar-refractivity contribution >= 4 is 34.9 Å². The highest BCUT2D eigenvalue weighted by molar-refractivity contribution is 8.18. The summed E-state index contributed by atoms with van der Waals surface area (Å²) >= 11 is 0.908. The van der Waals surface area contributed by atoms with Crippen LogP contribution in [0.1, 0.15) is 48.7 Å². The summed E-state index contributed by atoms with van der Waals surface area (Å²) in [6.45, 7) is 7.40. The first-order valence-electron chi connectivity index (χ1n) is 11.2. The van der Waals surface area contributed by atoms with Crippen molar-refractivity contribution < 1.29 is 14.4 Å². The van der Waals surface area contributed by atoms with Crippen LogP contribution in [-0.2, 0) is 16.0 Å². The molecule has 32 heavy (non-hydrogen) atoms. The molecule has 4 rings (SSSR count). The van der Waals surface area contributed by atoms with Crippen molar-refractivity contribution in [1.29, 1.82) is 0 Å². The molecule has 0 N–H and O–H groups in total. The first-order chi connectivity index (χ1) is 15.4. The van der Waals surface area contributed by atoms with Crippen LogP contribution < -0.4 is 0 Å². The Morgan fingerprint density at radius 2 is 1.75 bits per heavy atom. The third-order valence-electron chi connectivity index (χ3n) is 6.24. The molecular weight excluding hydrogens is 422 g/mol. The molecule has 3 heterocycles. The average Bonchev–Trinajstić information content (AvgIpc) is 3.23. The molecular formula is C25H29N3O3S. The molecule has 0 bridgehead atoms. The van der Waals surface area contributed by atoms with Crippen molar-refractivity contribution in [2.24, 2.45) is 0 Å². The van der Waals surface area contributed by atoms with Crippen molar-refractivity contribution in [3.8, 4) is 5.69 Å². The minimum Gasteiger partial charge on any atom is -0.341 e. The van der Waals surface area contributed by atoms with Crippen LogP contribution in [0.25, 0.3) is 11.8 Å². The average molecular weight is 452 g/mol. The zero-order valence-corrected chi connectivity index (χ0v) is 19.7. The van der Waals surface area contributed by atoms with Gasteiger partial charge in [-0.3, -0.25) is 19.3 Å². The second-order valence-electron chi connectivity index (χ2n) is 8.39. The van der Waals surface area contributed by atoms with Crippen LogP contribution >= 0.6 is 11.8 Å². The highest BCUT2D eigenvalue weighted by Gasteiger charge is 2.37. The lowest BCUT2D eigenvalue weighted by molar-refractivity contribution is -0.136. The second-order valence-corrected chi connectivity index (χ2v) is 9.38. The first-order valence-corrected chi connectivity index (χ1v) is 12.0. The molecule has 0 aliphatic carbocycles. The van der Waals surface area contributed by atoms with Crippen molar-refractivity contribution in [3.63, 3.8) is 0 Å². The van der Waals surface area contributed by atoms with Gasteiger partial charge in [-0.05, 0) is 86.7 Å². The smallest absolute Gasteiger partial charge is 0.294 e. The van der Waals surface area contributed by atoms with E-state index in [0.717, 1.165) is 65.0 Å². The number of amides is 3. The predicted octanol–water partition coefficient (Wildman–Crippen LogP) is 4.71. The molecule has 1 aromatic carbocycles. The van der Waals surface area contributed by atoms with Crippen LogP contribution in [0.5, 0.6) is 0 Å². The van der Waals surface area contributed by atoms with Gasteiger partial charge in [0.05, 0.1) is 4.91 Å². The third kappa shape index (κ3) is 4.39. The Morgan fingerprint density at radius 1 is 1.06 bits per heavy atom. The molecule has 2 aliphatic heterocycles. The lowest BCUT2D eigenvalue weighted by atomic mass is 10.1. The Kier molecular flexibility index (Phi) is 6.55. The molecule has 0 unspecified atom stereocenters. The number of hydrogen-bond acceptors (Lipinski definition) is 4. The third-order valence-corrected chi connectivity index (χ3v) is 7.14. The molecule has 6 nitrogen and oxygen atoms in total. The molecule has 168 valence electrons. The number of piperidine rings is 1. The summed E-state index contributed by atoms with van der Waals surface area (Å²) in [5, 5.41) is -0.379. The molecule has 2 aliphatic rings. The molecule has 0 atom stereocenters. The van der Waals surface area contributed by atoms with Gasteiger partial charge in [0.25, 0.3) is 11.1 Å². The van der Waals surface area contributed by atoms with E-state index in [1.165, 1.54) is 5.56 Å². The number of carbonyl (C=O) groups is 3. The van der Waals surface area contributed by atoms with Gasteiger partial charge in [0.2, 0.25) is 5.91 Å². The van der Waals surface area contributed by atoms with Gasteiger partial charge in [-0.15, -0.1) is 0 Å². The Bertz CT molecular complexity index is 1080. The minimum atomic E-state index is -0.387. The Morgan fingerprint density at radius 3 is 2.41 bits per heavy atom. The van der Waals surface area contributed by atoms with E-state index in [-0.39, 0.29) is 23.6 Å². The number of carbonyl (C=O) groups excluding carboxylic acids is 3. The van der Waals surface area contributed by atoms with Crippen LogP contribution in [0.4, 0.5) is 4.79 Å². The first kappa shape index (κ1) is 22.4. The van der Waals surface area contributed by atoms with Gasteiger partial charge in [0.1, 0.15) is 6.54 Å². The fourth-order valence-electron chi connectivity index (χ4n) is 4.37. The van der Waals surface area contributed by atoms with Gasteiger partial charge < -0.3 is 9.47 Å². The zero-order valence-electron chi connectivity index (χ0n) is 18.9. The molecule has 3 amide bonds. The van der Waals surface area contributed by atoms with E-state index < -0.39 is 0 Å². The molecule has 1 aromatic heterocycles. The van der Waals surface area contributed by atoms with Gasteiger partial charge in [-0.2, -0.15) is 0 Å². The van der Waals surface area contributed by atoms with Gasteiger partial charge >= 0.3 is 0 Å². The van der Waals surface area contributed by atoms with Crippen LogP contribution in [0.15, 0.2) is 35.2 Å². The number of rotatable bonds is 5. The van der Waals surface area contributed by atoms with Crippen LogP contribution in [0.2, 0.25) is 0 Å². The van der Waals surface area contributed by atoms with Crippen LogP contribution in [-0.4, -0.2) is 51.1 Å². The summed E-state index contributed by atoms with van der Waals surface area (Å²) < 4.78 is 2.15. The molecule has 0 radical (unpaired) electrons. The summed E-state index contributed by atoms with van der Waals surface area (Å²) in [5.41, 5.74) is 5.30. The zero-order chi connectivity index (χ0) is 22.8. The number of aromatic nitrogens is 1. The summed E-state index contributed by atoms with van der Waals surface area (Å²) in [6, 6.07) is 10.5. The van der Waals surface area contributed by atoms with E-state index in [0.29, 0.717) is 18.0 Å². The topological polar surface area (TPSA) is 62.6 Å². The molecule has 0 spiro atoms. The highest BCUT2D eigenvalue weighted by atomic mass is 32.2. The highest BCUT2D eigenvalue weighted by Crippen LogP contribution is 2.34. The number of hydrogen-bond donors (Lipinski definition) is 0. The lowest BCUT2D eigenvalue weighted by Crippen LogP contribution is -2.44. The summed E-state index contributed by atoms with van der Waals surface area (Å²) in [7, 11) is 0. The number of benzene rings is 1. The molecule has 7 heteroatoms. The minimum absolute atomic E-state index is 0.151. The SMILES string of the molecule is CCc1ccc(-n2c(C)cc(/C=C3\SC(=O)N(CC(=O)N4CCCCC4)C3=O)c2C)cc1. The van der Waals surface area contributed by atoms with Gasteiger partial charge in [-0.25, -0.2) is 0 Å². The Labute approximate surface area is 193 Å². The van der Waals surface area contributed by atoms with E-state index in [1.807, 2.05) is 19.9 Å². The molecule has 2 saturated heterocycles. The van der Waals surface area contributed by atoms with Gasteiger partial charge in [0, 0.05) is 30.2 Å². The van der Waals surface area contributed by atoms with Gasteiger partial charge in [-0.1, -0.05) is 19.1 Å².